The first-order valence-corrected chi connectivity index (χ1v) is 5.82. The van der Waals surface area contributed by atoms with Crippen molar-refractivity contribution >= 4 is 11.9 Å². The van der Waals surface area contributed by atoms with Crippen LogP contribution < -0.4 is 0 Å². The quantitative estimate of drug-likeness (QED) is 0.752. The van der Waals surface area contributed by atoms with E-state index in [1.807, 2.05) is 0 Å². The van der Waals surface area contributed by atoms with E-state index < -0.39 is 17.3 Å². The molecule has 0 amide bonds. The van der Waals surface area contributed by atoms with Gasteiger partial charge in [-0.3, -0.25) is 9.59 Å². The van der Waals surface area contributed by atoms with Crippen LogP contribution in [0.3, 0.4) is 0 Å². The summed E-state index contributed by atoms with van der Waals surface area (Å²) in [5.41, 5.74) is -0.853. The van der Waals surface area contributed by atoms with Crippen molar-refractivity contribution < 1.29 is 19.4 Å². The third-order valence-electron chi connectivity index (χ3n) is 3.32. The van der Waals surface area contributed by atoms with Crippen molar-refractivity contribution in [2.45, 2.75) is 52.6 Å². The van der Waals surface area contributed by atoms with E-state index in [-0.39, 0.29) is 12.1 Å². The molecule has 0 radical (unpaired) electrons. The van der Waals surface area contributed by atoms with Gasteiger partial charge >= 0.3 is 11.9 Å². The average molecular weight is 228 g/mol. The molecular weight excluding hydrogens is 208 g/mol. The highest BCUT2D eigenvalue weighted by atomic mass is 16.5. The maximum Gasteiger partial charge on any atom is 0.312 e. The molecule has 1 aliphatic carbocycles. The van der Waals surface area contributed by atoms with Crippen LogP contribution >= 0.6 is 0 Å². The van der Waals surface area contributed by atoms with Gasteiger partial charge in [-0.25, -0.2) is 0 Å². The molecule has 0 spiro atoms. The summed E-state index contributed by atoms with van der Waals surface area (Å²) in [7, 11) is 0. The fraction of sp³-hybridized carbons (Fsp3) is 0.833. The van der Waals surface area contributed by atoms with Crippen molar-refractivity contribution in [3.63, 3.8) is 0 Å². The maximum absolute atomic E-state index is 12.0. The first kappa shape index (κ1) is 13.0. The summed E-state index contributed by atoms with van der Waals surface area (Å²) in [6, 6.07) is 0. The fourth-order valence-electron chi connectivity index (χ4n) is 2.32. The molecule has 0 bridgehead atoms. The summed E-state index contributed by atoms with van der Waals surface area (Å²) in [5, 5.41) is 9.15. The molecule has 16 heavy (non-hydrogen) atoms. The fourth-order valence-corrected chi connectivity index (χ4v) is 2.32. The minimum absolute atomic E-state index is 0.194. The highest BCUT2D eigenvalue weighted by Gasteiger charge is 2.48. The Kier molecular flexibility index (Phi) is 3.94. The molecule has 0 aliphatic heterocycles. The molecule has 0 aromatic heterocycles. The number of carboxylic acid groups (broad SMARTS) is 1. The minimum atomic E-state index is -0.886. The van der Waals surface area contributed by atoms with Crippen molar-refractivity contribution in [2.24, 2.45) is 11.3 Å². The van der Waals surface area contributed by atoms with Crippen molar-refractivity contribution in [2.75, 3.05) is 0 Å². The second kappa shape index (κ2) is 4.85. The molecule has 1 rings (SSSR count). The van der Waals surface area contributed by atoms with Gasteiger partial charge in [0.15, 0.2) is 0 Å². The Morgan fingerprint density at radius 3 is 2.50 bits per heavy atom. The van der Waals surface area contributed by atoms with Gasteiger partial charge in [-0.05, 0) is 33.6 Å². The first-order chi connectivity index (χ1) is 7.38. The highest BCUT2D eigenvalue weighted by Crippen LogP contribution is 2.42. The lowest BCUT2D eigenvalue weighted by Gasteiger charge is -2.37. The predicted octanol–water partition coefficient (Wildman–Crippen LogP) is 2.22. The molecule has 2 unspecified atom stereocenters. The van der Waals surface area contributed by atoms with Gasteiger partial charge in [0.05, 0.1) is 17.4 Å². The molecule has 4 heteroatoms. The number of rotatable bonds is 3. The number of aliphatic carboxylic acids is 1. The van der Waals surface area contributed by atoms with Crippen LogP contribution in [0.5, 0.6) is 0 Å². The van der Waals surface area contributed by atoms with Crippen LogP contribution in [0.2, 0.25) is 0 Å². The van der Waals surface area contributed by atoms with Crippen molar-refractivity contribution in [3.05, 3.63) is 0 Å². The molecule has 92 valence electrons. The maximum atomic E-state index is 12.0. The molecule has 0 aromatic rings. The second-order valence-electron chi connectivity index (χ2n) is 5.01. The summed E-state index contributed by atoms with van der Waals surface area (Å²) in [6.07, 6.45) is 2.75. The van der Waals surface area contributed by atoms with E-state index in [9.17, 15) is 9.59 Å². The van der Waals surface area contributed by atoms with Crippen LogP contribution in [0.4, 0.5) is 0 Å². The summed E-state index contributed by atoms with van der Waals surface area (Å²) in [6.45, 7) is 5.27. The Balaban J connectivity index is 2.85. The average Bonchev–Trinajstić information content (AvgIpc) is 2.16. The zero-order valence-corrected chi connectivity index (χ0v) is 10.2. The molecule has 0 heterocycles. The van der Waals surface area contributed by atoms with Crippen molar-refractivity contribution in [1.82, 2.24) is 0 Å². The number of carbonyl (C=O) groups excluding carboxylic acids is 1. The number of ether oxygens (including phenoxy) is 1. The van der Waals surface area contributed by atoms with Gasteiger partial charge in [0.1, 0.15) is 0 Å². The molecule has 4 nitrogen and oxygen atoms in total. The Labute approximate surface area is 96.0 Å². The lowest BCUT2D eigenvalue weighted by atomic mass is 9.67. The third-order valence-corrected chi connectivity index (χ3v) is 3.32. The smallest absolute Gasteiger partial charge is 0.312 e. The van der Waals surface area contributed by atoms with E-state index in [1.54, 1.807) is 20.8 Å². The third kappa shape index (κ3) is 2.54. The van der Waals surface area contributed by atoms with Gasteiger partial charge < -0.3 is 9.84 Å². The Bertz CT molecular complexity index is 285. The SMILES string of the molecule is CC(C)OC(=O)C1(C)CCCCC1C(=O)O. The van der Waals surface area contributed by atoms with Crippen molar-refractivity contribution in [3.8, 4) is 0 Å². The van der Waals surface area contributed by atoms with E-state index in [0.29, 0.717) is 12.8 Å². The second-order valence-corrected chi connectivity index (χ2v) is 5.01. The van der Waals surface area contributed by atoms with Gasteiger partial charge in [0, 0.05) is 0 Å². The molecule has 1 N–H and O–H groups in total. The molecule has 0 saturated heterocycles. The Morgan fingerprint density at radius 1 is 1.38 bits per heavy atom. The zero-order chi connectivity index (χ0) is 12.3. The van der Waals surface area contributed by atoms with Gasteiger partial charge in [0.25, 0.3) is 0 Å². The van der Waals surface area contributed by atoms with E-state index in [2.05, 4.69) is 0 Å². The van der Waals surface area contributed by atoms with E-state index in [0.717, 1.165) is 12.8 Å². The van der Waals surface area contributed by atoms with Crippen LogP contribution in [0.1, 0.15) is 46.5 Å². The van der Waals surface area contributed by atoms with Crippen LogP contribution in [-0.4, -0.2) is 23.1 Å². The van der Waals surface area contributed by atoms with Gasteiger partial charge in [-0.2, -0.15) is 0 Å². The number of carboxylic acids is 1. The van der Waals surface area contributed by atoms with Gasteiger partial charge in [-0.1, -0.05) is 12.8 Å². The topological polar surface area (TPSA) is 63.6 Å². The van der Waals surface area contributed by atoms with Gasteiger partial charge in [0.2, 0.25) is 0 Å². The number of esters is 1. The first-order valence-electron chi connectivity index (χ1n) is 5.82. The monoisotopic (exact) mass is 228 g/mol. The number of carbonyl (C=O) groups is 2. The van der Waals surface area contributed by atoms with Crippen LogP contribution in [0, 0.1) is 11.3 Å². The van der Waals surface area contributed by atoms with Crippen molar-refractivity contribution in [1.29, 1.82) is 0 Å². The Hall–Kier alpha value is -1.06. The van der Waals surface area contributed by atoms with Crippen LogP contribution in [0.15, 0.2) is 0 Å². The van der Waals surface area contributed by atoms with E-state index in [4.69, 9.17) is 9.84 Å². The normalized spacial score (nSPS) is 30.1. The number of hydrogen-bond donors (Lipinski definition) is 1. The molecular formula is C12H20O4. The standard InChI is InChI=1S/C12H20O4/c1-8(2)16-11(15)12(3)7-5-4-6-9(12)10(13)14/h8-9H,4-7H2,1-3H3,(H,13,14). The highest BCUT2D eigenvalue weighted by molar-refractivity contribution is 5.84. The summed E-state index contributed by atoms with van der Waals surface area (Å²) < 4.78 is 5.17. The largest absolute Gasteiger partial charge is 0.481 e. The molecule has 1 fully saturated rings. The number of hydrogen-bond acceptors (Lipinski definition) is 3. The molecule has 0 aromatic carbocycles. The summed E-state index contributed by atoms with van der Waals surface area (Å²) >= 11 is 0. The summed E-state index contributed by atoms with van der Waals surface area (Å²) in [4.78, 5) is 23.1. The zero-order valence-electron chi connectivity index (χ0n) is 10.2. The summed E-state index contributed by atoms with van der Waals surface area (Å²) in [5.74, 6) is -1.86. The lowest BCUT2D eigenvalue weighted by molar-refractivity contribution is -0.172. The Morgan fingerprint density at radius 2 is 2.00 bits per heavy atom. The molecule has 1 aliphatic rings. The molecule has 1 saturated carbocycles. The minimum Gasteiger partial charge on any atom is -0.481 e. The van der Waals surface area contributed by atoms with Crippen LogP contribution in [0.25, 0.3) is 0 Å². The van der Waals surface area contributed by atoms with Crippen LogP contribution in [-0.2, 0) is 14.3 Å². The lowest BCUT2D eigenvalue weighted by Crippen LogP contribution is -2.44. The molecule has 2 atom stereocenters. The van der Waals surface area contributed by atoms with Gasteiger partial charge in [-0.15, -0.1) is 0 Å². The van der Waals surface area contributed by atoms with E-state index >= 15 is 0 Å². The van der Waals surface area contributed by atoms with E-state index in [1.165, 1.54) is 0 Å². The predicted molar refractivity (Wildman–Crippen MR) is 58.9 cm³/mol.